The van der Waals surface area contributed by atoms with Crippen LogP contribution in [0.2, 0.25) is 0 Å². The number of nitrogens with zero attached hydrogens (tertiary/aromatic N) is 1. The fraction of sp³-hybridized carbons (Fsp3) is 0.478. The Morgan fingerprint density at radius 1 is 1.08 bits per heavy atom. The summed E-state index contributed by atoms with van der Waals surface area (Å²) in [6.07, 6.45) is -0.507. The largest absolute Gasteiger partial charge is 0.508 e. The summed E-state index contributed by atoms with van der Waals surface area (Å²) in [6, 6.07) is 7.62. The first-order valence-corrected chi connectivity index (χ1v) is 13.1. The number of urea groups is 1. The molecular formula is C23H30N3O11P. The lowest BCUT2D eigenvalue weighted by atomic mass is 10.1. The summed E-state index contributed by atoms with van der Waals surface area (Å²) in [4.78, 5) is 58.7. The number of benzene rings is 1. The molecule has 1 saturated carbocycles. The lowest BCUT2D eigenvalue weighted by molar-refractivity contribution is -0.136. The lowest BCUT2D eigenvalue weighted by Crippen LogP contribution is -2.49. The number of amides is 4. The van der Waals surface area contributed by atoms with E-state index in [1.807, 2.05) is 6.07 Å². The maximum atomic E-state index is 12.5. The molecule has 208 valence electrons. The van der Waals surface area contributed by atoms with Gasteiger partial charge in [0.05, 0.1) is 6.04 Å². The van der Waals surface area contributed by atoms with Crippen molar-refractivity contribution in [1.82, 2.24) is 15.5 Å². The second kappa shape index (κ2) is 13.5. The molecule has 1 heterocycles. The molecule has 14 nitrogen and oxygen atoms in total. The van der Waals surface area contributed by atoms with Crippen LogP contribution < -0.4 is 10.6 Å². The van der Waals surface area contributed by atoms with Crippen molar-refractivity contribution in [2.75, 3.05) is 33.9 Å². The van der Waals surface area contributed by atoms with Gasteiger partial charge in [-0.05, 0) is 12.0 Å². The fourth-order valence-corrected chi connectivity index (χ4v) is 4.81. The van der Waals surface area contributed by atoms with Crippen LogP contribution in [-0.4, -0.2) is 86.0 Å². The predicted octanol–water partition coefficient (Wildman–Crippen LogP) is 1.10. The minimum Gasteiger partial charge on any atom is -0.434 e. The quantitative estimate of drug-likeness (QED) is 0.191. The van der Waals surface area contributed by atoms with Gasteiger partial charge in [0.25, 0.3) is 11.8 Å². The van der Waals surface area contributed by atoms with E-state index in [4.69, 9.17) is 18.7 Å². The van der Waals surface area contributed by atoms with E-state index in [-0.39, 0.29) is 32.7 Å². The maximum absolute atomic E-state index is 12.5. The minimum absolute atomic E-state index is 0.00445. The van der Waals surface area contributed by atoms with Crippen molar-refractivity contribution in [2.45, 2.75) is 31.3 Å². The minimum atomic E-state index is -4.47. The molecule has 2 unspecified atom stereocenters. The number of hydrogen-bond acceptors (Lipinski definition) is 10. The van der Waals surface area contributed by atoms with Crippen molar-refractivity contribution in [1.29, 1.82) is 0 Å². The zero-order valence-electron chi connectivity index (χ0n) is 20.8. The molecule has 1 aromatic rings. The van der Waals surface area contributed by atoms with Crippen LogP contribution in [0.5, 0.6) is 0 Å². The smallest absolute Gasteiger partial charge is 0.434 e. The van der Waals surface area contributed by atoms with Crippen LogP contribution in [0.15, 0.2) is 42.5 Å². The maximum Gasteiger partial charge on any atom is 0.508 e. The molecule has 1 aliphatic carbocycles. The monoisotopic (exact) mass is 555 g/mol. The third-order valence-corrected chi connectivity index (χ3v) is 6.92. The van der Waals surface area contributed by atoms with Crippen molar-refractivity contribution in [3.63, 3.8) is 0 Å². The van der Waals surface area contributed by atoms with Crippen LogP contribution >= 0.6 is 7.82 Å². The second-order valence-corrected chi connectivity index (χ2v) is 9.93. The van der Waals surface area contributed by atoms with Gasteiger partial charge in [-0.1, -0.05) is 30.3 Å². The first-order chi connectivity index (χ1) is 18.1. The van der Waals surface area contributed by atoms with Gasteiger partial charge in [-0.2, -0.15) is 0 Å². The van der Waals surface area contributed by atoms with E-state index in [0.717, 1.165) is 29.7 Å². The molecule has 4 amide bonds. The molecule has 1 aromatic carbocycles. The van der Waals surface area contributed by atoms with Crippen molar-refractivity contribution in [3.8, 4) is 0 Å². The van der Waals surface area contributed by atoms with Gasteiger partial charge in [-0.3, -0.25) is 23.5 Å². The highest BCUT2D eigenvalue weighted by Crippen LogP contribution is 2.48. The molecule has 3 N–H and O–H groups in total. The van der Waals surface area contributed by atoms with E-state index in [1.54, 1.807) is 24.3 Å². The van der Waals surface area contributed by atoms with E-state index in [0.29, 0.717) is 0 Å². The zero-order chi connectivity index (χ0) is 27.7. The molecule has 0 spiro atoms. The van der Waals surface area contributed by atoms with Gasteiger partial charge in [-0.15, -0.1) is 0 Å². The van der Waals surface area contributed by atoms with Crippen LogP contribution in [0.4, 0.5) is 9.59 Å². The van der Waals surface area contributed by atoms with Gasteiger partial charge in [-0.25, -0.2) is 14.2 Å². The SMILES string of the molecule is CO[C@H]1C(OP(=O)(O)OC)[C@@H](COC(=O)OCc2ccccc2)C[C@@H]1NC(=O)NCCN1C(=O)C=CC1=O. The Hall–Kier alpha value is -3.29. The fourth-order valence-electron chi connectivity index (χ4n) is 4.12. The van der Waals surface area contributed by atoms with Crippen LogP contribution in [0, 0.1) is 5.92 Å². The Labute approximate surface area is 218 Å². The number of nitrogens with one attached hydrogen (secondary N) is 2. The number of rotatable bonds is 12. The first-order valence-electron chi connectivity index (χ1n) is 11.6. The number of ether oxygens (including phenoxy) is 3. The second-order valence-electron chi connectivity index (χ2n) is 8.42. The van der Waals surface area contributed by atoms with Crippen molar-refractivity contribution in [3.05, 3.63) is 48.0 Å². The van der Waals surface area contributed by atoms with Gasteiger partial charge >= 0.3 is 20.0 Å². The highest BCUT2D eigenvalue weighted by atomic mass is 31.2. The van der Waals surface area contributed by atoms with E-state index >= 15 is 0 Å². The molecule has 15 heteroatoms. The molecule has 5 atom stereocenters. The van der Waals surface area contributed by atoms with Gasteiger partial charge < -0.3 is 29.7 Å². The predicted molar refractivity (Wildman–Crippen MR) is 129 cm³/mol. The summed E-state index contributed by atoms with van der Waals surface area (Å²) < 4.78 is 37.7. The molecule has 1 aliphatic heterocycles. The van der Waals surface area contributed by atoms with Crippen LogP contribution in [0.3, 0.4) is 0 Å². The van der Waals surface area contributed by atoms with Crippen molar-refractivity contribution >= 4 is 31.8 Å². The number of imide groups is 1. The number of carbonyl (C=O) groups is 4. The lowest BCUT2D eigenvalue weighted by Gasteiger charge is -2.27. The molecule has 0 radical (unpaired) electrons. The molecule has 2 aliphatic rings. The van der Waals surface area contributed by atoms with E-state index < -0.39 is 56.0 Å². The van der Waals surface area contributed by atoms with E-state index in [2.05, 4.69) is 15.2 Å². The highest BCUT2D eigenvalue weighted by molar-refractivity contribution is 7.47. The first kappa shape index (κ1) is 29.3. The molecule has 38 heavy (non-hydrogen) atoms. The number of methoxy groups -OCH3 is 1. The molecule has 3 rings (SSSR count). The number of carbonyl (C=O) groups excluding carboxylic acids is 4. The summed E-state index contributed by atoms with van der Waals surface area (Å²) in [5, 5.41) is 5.22. The Balaban J connectivity index is 1.56. The van der Waals surface area contributed by atoms with Gasteiger partial charge in [0, 0.05) is 45.4 Å². The summed E-state index contributed by atoms with van der Waals surface area (Å²) in [7, 11) is -2.14. The van der Waals surface area contributed by atoms with Gasteiger partial charge in [0.1, 0.15) is 25.4 Å². The number of phosphoric acid groups is 1. The zero-order valence-corrected chi connectivity index (χ0v) is 21.7. The topological polar surface area (TPSA) is 179 Å². The molecule has 1 fully saturated rings. The van der Waals surface area contributed by atoms with Crippen molar-refractivity contribution in [2.24, 2.45) is 5.92 Å². The molecule has 0 bridgehead atoms. The number of phosphoric ester groups is 1. The Morgan fingerprint density at radius 2 is 1.76 bits per heavy atom. The Morgan fingerprint density at radius 3 is 2.39 bits per heavy atom. The summed E-state index contributed by atoms with van der Waals surface area (Å²) >= 11 is 0. The van der Waals surface area contributed by atoms with Crippen molar-refractivity contribution < 1.29 is 51.9 Å². The third-order valence-electron chi connectivity index (χ3n) is 5.95. The molecule has 0 saturated heterocycles. The Kier molecular flexibility index (Phi) is 10.4. The van der Waals surface area contributed by atoms with Crippen LogP contribution in [0.25, 0.3) is 0 Å². The molecule has 0 aromatic heterocycles. The van der Waals surface area contributed by atoms with Gasteiger partial charge in [0.15, 0.2) is 0 Å². The highest BCUT2D eigenvalue weighted by Gasteiger charge is 2.48. The molecular weight excluding hydrogens is 525 g/mol. The van der Waals surface area contributed by atoms with E-state index in [9.17, 15) is 28.6 Å². The normalized spacial score (nSPS) is 24.2. The average molecular weight is 555 g/mol. The summed E-state index contributed by atoms with van der Waals surface area (Å²) in [5.41, 5.74) is 0.761. The summed E-state index contributed by atoms with van der Waals surface area (Å²) in [6.45, 7) is -0.292. The van der Waals surface area contributed by atoms with Crippen LogP contribution in [0.1, 0.15) is 12.0 Å². The third kappa shape index (κ3) is 8.10. The standard InChI is InChI=1S/C23H30N3O11P/c1-33-21-17(25-22(29)24-10-11-26-18(27)8-9-19(26)28)12-16(20(21)37-38(31,32)34-2)14-36-23(30)35-13-15-6-4-3-5-7-15/h3-9,16-17,20-21H,10-14H2,1-2H3,(H,31,32)(H2,24,25,29)/t16-,17+,20?,21-/m1/s1. The van der Waals surface area contributed by atoms with Gasteiger partial charge in [0.2, 0.25) is 0 Å². The Bertz CT molecular complexity index is 1070. The summed E-state index contributed by atoms with van der Waals surface area (Å²) in [5.74, 6) is -1.61. The van der Waals surface area contributed by atoms with Crippen LogP contribution in [-0.2, 0) is 44.0 Å². The van der Waals surface area contributed by atoms with E-state index in [1.165, 1.54) is 7.11 Å². The average Bonchev–Trinajstić information content (AvgIpc) is 3.39. The number of hydrogen-bond donors (Lipinski definition) is 3.